The van der Waals surface area contributed by atoms with Gasteiger partial charge in [-0.25, -0.2) is 9.59 Å². The molecule has 0 rings (SSSR count). The van der Waals surface area contributed by atoms with E-state index in [1.165, 1.54) is 32.1 Å². The highest BCUT2D eigenvalue weighted by Crippen LogP contribution is 2.07. The molecular weight excluding hydrogens is 332 g/mol. The second-order valence-electron chi connectivity index (χ2n) is 7.37. The molecule has 0 saturated heterocycles. The van der Waals surface area contributed by atoms with Crippen LogP contribution in [0.15, 0.2) is 0 Å². The lowest BCUT2D eigenvalue weighted by Gasteiger charge is -2.06. The number of carboxylic acid groups (broad SMARTS) is 1. The maximum Gasteiger partial charge on any atom is 0.407 e. The van der Waals surface area contributed by atoms with E-state index < -0.39 is 6.09 Å². The van der Waals surface area contributed by atoms with Gasteiger partial charge in [0.05, 0.1) is 6.61 Å². The topological polar surface area (TPSA) is 87.7 Å². The number of carbonyl (C=O) groups excluding carboxylic acids is 1. The molecule has 0 spiro atoms. The lowest BCUT2D eigenvalue weighted by molar-refractivity contribution is 0.152. The summed E-state index contributed by atoms with van der Waals surface area (Å²) in [7, 11) is 0. The first-order valence-electron chi connectivity index (χ1n) is 10.2. The van der Waals surface area contributed by atoms with Gasteiger partial charge in [-0.15, -0.1) is 0 Å². The summed E-state index contributed by atoms with van der Waals surface area (Å²) in [4.78, 5) is 20.9. The Hall–Kier alpha value is -1.46. The molecule has 0 aromatic carbocycles. The predicted octanol–water partition coefficient (Wildman–Crippen LogP) is 5.42. The number of hydrogen-bond donors (Lipinski definition) is 3. The van der Waals surface area contributed by atoms with Gasteiger partial charge in [0.1, 0.15) is 0 Å². The van der Waals surface area contributed by atoms with Crippen molar-refractivity contribution in [3.63, 3.8) is 0 Å². The van der Waals surface area contributed by atoms with Gasteiger partial charge in [0.25, 0.3) is 0 Å². The fraction of sp³-hybridized carbons (Fsp3) is 0.900. The van der Waals surface area contributed by atoms with Crippen LogP contribution >= 0.6 is 0 Å². The number of unbranched alkanes of at least 4 members (excludes halogenated alkanes) is 4. The zero-order valence-electron chi connectivity index (χ0n) is 17.6. The van der Waals surface area contributed by atoms with Crippen LogP contribution in [0.1, 0.15) is 86.0 Å². The largest absolute Gasteiger partial charge is 0.465 e. The number of nitrogens with one attached hydrogen (secondary N) is 2. The van der Waals surface area contributed by atoms with E-state index in [1.54, 1.807) is 0 Å². The quantitative estimate of drug-likeness (QED) is 0.376. The molecule has 0 heterocycles. The van der Waals surface area contributed by atoms with Crippen molar-refractivity contribution < 1.29 is 19.4 Å². The summed E-state index contributed by atoms with van der Waals surface area (Å²) in [5.74, 6) is 1.55. The van der Waals surface area contributed by atoms with E-state index in [1.807, 2.05) is 6.92 Å². The first-order valence-corrected chi connectivity index (χ1v) is 10.2. The van der Waals surface area contributed by atoms with Gasteiger partial charge in [0.2, 0.25) is 0 Å². The maximum absolute atomic E-state index is 10.9. The maximum atomic E-state index is 10.9. The summed E-state index contributed by atoms with van der Waals surface area (Å²) < 4.78 is 4.74. The Morgan fingerprint density at radius 2 is 1.27 bits per heavy atom. The number of rotatable bonds is 13. The third-order valence-corrected chi connectivity index (χ3v) is 3.74. The number of ether oxygens (including phenoxy) is 1. The Morgan fingerprint density at radius 1 is 0.808 bits per heavy atom. The van der Waals surface area contributed by atoms with Crippen LogP contribution in [0.5, 0.6) is 0 Å². The summed E-state index contributed by atoms with van der Waals surface area (Å²) in [5, 5.41) is 13.3. The molecule has 6 nitrogen and oxygen atoms in total. The first kappa shape index (κ1) is 26.8. The molecule has 0 saturated carbocycles. The molecule has 0 radical (unpaired) electrons. The number of carbonyl (C=O) groups is 2. The molecule has 0 aromatic rings. The number of amides is 2. The van der Waals surface area contributed by atoms with E-state index in [0.717, 1.165) is 37.6 Å². The zero-order valence-corrected chi connectivity index (χ0v) is 17.6. The normalized spacial score (nSPS) is 10.3. The van der Waals surface area contributed by atoms with Gasteiger partial charge >= 0.3 is 12.2 Å². The van der Waals surface area contributed by atoms with Crippen LogP contribution in [0.3, 0.4) is 0 Å². The minimum absolute atomic E-state index is 0.295. The molecular formula is C20H42N2O4. The van der Waals surface area contributed by atoms with Gasteiger partial charge in [0.15, 0.2) is 0 Å². The summed E-state index contributed by atoms with van der Waals surface area (Å²) >= 11 is 0. The van der Waals surface area contributed by atoms with Crippen molar-refractivity contribution in [1.29, 1.82) is 0 Å². The molecule has 0 bridgehead atoms. The van der Waals surface area contributed by atoms with E-state index >= 15 is 0 Å². The molecule has 26 heavy (non-hydrogen) atoms. The second-order valence-corrected chi connectivity index (χ2v) is 7.37. The Morgan fingerprint density at radius 3 is 1.65 bits per heavy atom. The highest BCUT2D eigenvalue weighted by molar-refractivity contribution is 5.66. The molecule has 0 aromatic heterocycles. The SMILES string of the molecule is CC(C)CCCCCNC(=O)O.CCOC(=O)NCCCCCC(C)C. The average molecular weight is 375 g/mol. The van der Waals surface area contributed by atoms with E-state index in [-0.39, 0.29) is 6.09 Å². The van der Waals surface area contributed by atoms with E-state index in [0.29, 0.717) is 13.2 Å². The Bertz CT molecular complexity index is 334. The third kappa shape index (κ3) is 27.4. The van der Waals surface area contributed by atoms with Crippen LogP contribution in [0.25, 0.3) is 0 Å². The van der Waals surface area contributed by atoms with Crippen molar-refractivity contribution in [3.8, 4) is 0 Å². The summed E-state index contributed by atoms with van der Waals surface area (Å²) in [6.45, 7) is 12.4. The average Bonchev–Trinajstić information content (AvgIpc) is 2.54. The summed E-state index contributed by atoms with van der Waals surface area (Å²) in [6, 6.07) is 0. The van der Waals surface area contributed by atoms with Gasteiger partial charge in [-0.2, -0.15) is 0 Å². The van der Waals surface area contributed by atoms with E-state index in [4.69, 9.17) is 9.84 Å². The van der Waals surface area contributed by atoms with Crippen LogP contribution in [-0.4, -0.2) is 37.0 Å². The minimum Gasteiger partial charge on any atom is -0.465 e. The summed E-state index contributed by atoms with van der Waals surface area (Å²) in [5.41, 5.74) is 0. The molecule has 0 atom stereocenters. The van der Waals surface area contributed by atoms with Crippen molar-refractivity contribution in [2.45, 2.75) is 86.0 Å². The van der Waals surface area contributed by atoms with Gasteiger partial charge in [-0.05, 0) is 31.6 Å². The Kier molecular flexibility index (Phi) is 20.4. The zero-order chi connectivity index (χ0) is 20.2. The van der Waals surface area contributed by atoms with E-state index in [9.17, 15) is 9.59 Å². The molecule has 156 valence electrons. The lowest BCUT2D eigenvalue weighted by atomic mass is 10.1. The Balaban J connectivity index is 0. The highest BCUT2D eigenvalue weighted by atomic mass is 16.5. The van der Waals surface area contributed by atoms with Gasteiger partial charge in [-0.3, -0.25) is 0 Å². The smallest absolute Gasteiger partial charge is 0.407 e. The molecule has 0 fully saturated rings. The third-order valence-electron chi connectivity index (χ3n) is 3.74. The summed E-state index contributed by atoms with van der Waals surface area (Å²) in [6.07, 6.45) is 8.08. The molecule has 0 unspecified atom stereocenters. The van der Waals surface area contributed by atoms with Crippen LogP contribution in [-0.2, 0) is 4.74 Å². The predicted molar refractivity (Wildman–Crippen MR) is 108 cm³/mol. The molecule has 2 amide bonds. The fourth-order valence-electron chi connectivity index (χ4n) is 2.28. The monoisotopic (exact) mass is 374 g/mol. The van der Waals surface area contributed by atoms with Crippen LogP contribution in [0.4, 0.5) is 9.59 Å². The first-order chi connectivity index (χ1) is 12.3. The van der Waals surface area contributed by atoms with Crippen molar-refractivity contribution in [1.82, 2.24) is 10.6 Å². The fourth-order valence-corrected chi connectivity index (χ4v) is 2.28. The van der Waals surface area contributed by atoms with Crippen LogP contribution < -0.4 is 10.6 Å². The molecule has 0 aliphatic rings. The molecule has 0 aliphatic carbocycles. The van der Waals surface area contributed by atoms with Crippen molar-refractivity contribution in [2.75, 3.05) is 19.7 Å². The number of hydrogen-bond acceptors (Lipinski definition) is 3. The van der Waals surface area contributed by atoms with Crippen molar-refractivity contribution in [3.05, 3.63) is 0 Å². The minimum atomic E-state index is -0.918. The highest BCUT2D eigenvalue weighted by Gasteiger charge is 1.99. The van der Waals surface area contributed by atoms with Gasteiger partial charge < -0.3 is 20.5 Å². The standard InChI is InChI=1S/C11H23NO2.C9H19NO2/c1-4-14-11(13)12-9-7-5-6-8-10(2)3;1-8(2)6-4-3-5-7-10-9(11)12/h10H,4-9H2,1-3H3,(H,12,13);8,10H,3-7H2,1-2H3,(H,11,12). The lowest BCUT2D eigenvalue weighted by Crippen LogP contribution is -2.25. The van der Waals surface area contributed by atoms with Gasteiger partial charge in [0, 0.05) is 13.1 Å². The van der Waals surface area contributed by atoms with E-state index in [2.05, 4.69) is 38.3 Å². The molecule has 6 heteroatoms. The number of alkyl carbamates (subject to hydrolysis) is 1. The van der Waals surface area contributed by atoms with Crippen molar-refractivity contribution >= 4 is 12.2 Å². The second kappa shape index (κ2) is 19.9. The van der Waals surface area contributed by atoms with Crippen LogP contribution in [0.2, 0.25) is 0 Å². The molecule has 0 aliphatic heterocycles. The van der Waals surface area contributed by atoms with Crippen molar-refractivity contribution in [2.24, 2.45) is 11.8 Å². The van der Waals surface area contributed by atoms with Crippen LogP contribution in [0, 0.1) is 11.8 Å². The Labute approximate surface area is 160 Å². The van der Waals surface area contributed by atoms with Gasteiger partial charge in [-0.1, -0.05) is 66.2 Å². The molecule has 3 N–H and O–H groups in total.